The highest BCUT2D eigenvalue weighted by Crippen LogP contribution is 2.17. The standard InChI is InChI=1S/C11H18N2OS/c1-3-9(4-2)8-15(14)11-10(12)6-5-7-13-11/h5-7,9H,3-4,8,12H2,1-2H3. The Kier molecular flexibility index (Phi) is 4.75. The molecule has 0 saturated heterocycles. The van der Waals surface area contributed by atoms with Gasteiger partial charge in [0.2, 0.25) is 0 Å². The van der Waals surface area contributed by atoms with Crippen molar-refractivity contribution < 1.29 is 4.21 Å². The van der Waals surface area contributed by atoms with Crippen molar-refractivity contribution in [3.63, 3.8) is 0 Å². The summed E-state index contributed by atoms with van der Waals surface area (Å²) < 4.78 is 12.0. The number of nitrogens with zero attached hydrogens (tertiary/aromatic N) is 1. The molecule has 4 heteroatoms. The van der Waals surface area contributed by atoms with Gasteiger partial charge in [-0.1, -0.05) is 26.7 Å². The molecule has 1 unspecified atom stereocenters. The normalized spacial score (nSPS) is 13.0. The maximum absolute atomic E-state index is 12.0. The Hall–Kier alpha value is -0.900. The van der Waals surface area contributed by atoms with Crippen LogP contribution < -0.4 is 5.73 Å². The fraction of sp³-hybridized carbons (Fsp3) is 0.545. The van der Waals surface area contributed by atoms with Crippen LogP contribution in [0.15, 0.2) is 23.4 Å². The second-order valence-electron chi connectivity index (χ2n) is 3.59. The third-order valence-electron chi connectivity index (χ3n) is 2.56. The van der Waals surface area contributed by atoms with Crippen LogP contribution in [0.5, 0.6) is 0 Å². The first kappa shape index (κ1) is 12.2. The van der Waals surface area contributed by atoms with E-state index in [9.17, 15) is 4.21 Å². The van der Waals surface area contributed by atoms with Gasteiger partial charge in [0.25, 0.3) is 0 Å². The zero-order valence-corrected chi connectivity index (χ0v) is 10.1. The molecule has 0 saturated carbocycles. The van der Waals surface area contributed by atoms with Crippen LogP contribution in [-0.4, -0.2) is 14.9 Å². The lowest BCUT2D eigenvalue weighted by Crippen LogP contribution is -2.12. The fourth-order valence-electron chi connectivity index (χ4n) is 1.41. The van der Waals surface area contributed by atoms with Crippen LogP contribution in [0.4, 0.5) is 5.69 Å². The highest BCUT2D eigenvalue weighted by Gasteiger charge is 2.13. The maximum Gasteiger partial charge on any atom is 0.150 e. The van der Waals surface area contributed by atoms with Crippen LogP contribution in [0.1, 0.15) is 26.7 Å². The van der Waals surface area contributed by atoms with Crippen molar-refractivity contribution >= 4 is 16.5 Å². The summed E-state index contributed by atoms with van der Waals surface area (Å²) in [4.78, 5) is 4.07. The van der Waals surface area contributed by atoms with Crippen molar-refractivity contribution in [2.45, 2.75) is 31.7 Å². The monoisotopic (exact) mass is 226 g/mol. The quantitative estimate of drug-likeness (QED) is 0.837. The summed E-state index contributed by atoms with van der Waals surface area (Å²) in [5.74, 6) is 1.15. The molecule has 1 rings (SSSR count). The topological polar surface area (TPSA) is 56.0 Å². The van der Waals surface area contributed by atoms with Gasteiger partial charge >= 0.3 is 0 Å². The molecule has 1 atom stereocenters. The number of aromatic nitrogens is 1. The average molecular weight is 226 g/mol. The molecule has 3 nitrogen and oxygen atoms in total. The Morgan fingerprint density at radius 2 is 2.13 bits per heavy atom. The van der Waals surface area contributed by atoms with E-state index in [4.69, 9.17) is 5.73 Å². The van der Waals surface area contributed by atoms with Crippen molar-refractivity contribution in [2.24, 2.45) is 5.92 Å². The summed E-state index contributed by atoms with van der Waals surface area (Å²) in [6.45, 7) is 4.24. The van der Waals surface area contributed by atoms with Gasteiger partial charge in [-0.2, -0.15) is 0 Å². The van der Waals surface area contributed by atoms with Crippen molar-refractivity contribution in [3.05, 3.63) is 18.3 Å². The summed E-state index contributed by atoms with van der Waals surface area (Å²) in [5, 5.41) is 0.532. The third-order valence-corrected chi connectivity index (χ3v) is 4.10. The number of nitrogens with two attached hydrogens (primary N) is 1. The number of anilines is 1. The number of rotatable bonds is 5. The van der Waals surface area contributed by atoms with Gasteiger partial charge in [-0.25, -0.2) is 4.98 Å². The van der Waals surface area contributed by atoms with Crippen LogP contribution in [0.25, 0.3) is 0 Å². The molecule has 15 heavy (non-hydrogen) atoms. The van der Waals surface area contributed by atoms with Gasteiger partial charge in [-0.3, -0.25) is 4.21 Å². The van der Waals surface area contributed by atoms with Crippen LogP contribution in [0.2, 0.25) is 0 Å². The first-order chi connectivity index (χ1) is 7.19. The Morgan fingerprint density at radius 1 is 1.47 bits per heavy atom. The van der Waals surface area contributed by atoms with E-state index in [1.165, 1.54) is 0 Å². The van der Waals surface area contributed by atoms with Gasteiger partial charge in [0.05, 0.1) is 16.5 Å². The second-order valence-corrected chi connectivity index (χ2v) is 5.00. The van der Waals surface area contributed by atoms with E-state index in [1.54, 1.807) is 18.3 Å². The lowest BCUT2D eigenvalue weighted by atomic mass is 10.1. The molecule has 0 bridgehead atoms. The van der Waals surface area contributed by atoms with E-state index >= 15 is 0 Å². The summed E-state index contributed by atoms with van der Waals surface area (Å²) >= 11 is 0. The van der Waals surface area contributed by atoms with Gasteiger partial charge in [-0.05, 0) is 18.1 Å². The van der Waals surface area contributed by atoms with Crippen LogP contribution >= 0.6 is 0 Å². The highest BCUT2D eigenvalue weighted by atomic mass is 32.2. The average Bonchev–Trinajstić information content (AvgIpc) is 2.26. The van der Waals surface area contributed by atoms with Crippen LogP contribution in [-0.2, 0) is 10.8 Å². The predicted octanol–water partition coefficient (Wildman–Crippen LogP) is 2.21. The Labute approximate surface area is 93.6 Å². The van der Waals surface area contributed by atoms with Crippen molar-refractivity contribution in [1.82, 2.24) is 4.98 Å². The zero-order chi connectivity index (χ0) is 11.3. The lowest BCUT2D eigenvalue weighted by Gasteiger charge is -2.11. The number of pyridine rings is 1. The summed E-state index contributed by atoms with van der Waals surface area (Å²) in [5.41, 5.74) is 6.25. The minimum Gasteiger partial charge on any atom is -0.396 e. The molecule has 0 spiro atoms. The van der Waals surface area contributed by atoms with Gasteiger partial charge in [0.1, 0.15) is 5.03 Å². The van der Waals surface area contributed by atoms with E-state index in [0.717, 1.165) is 12.8 Å². The molecule has 2 N–H and O–H groups in total. The van der Waals surface area contributed by atoms with Crippen molar-refractivity contribution in [3.8, 4) is 0 Å². The molecule has 0 aliphatic rings. The first-order valence-electron chi connectivity index (χ1n) is 5.27. The van der Waals surface area contributed by atoms with Crippen molar-refractivity contribution in [2.75, 3.05) is 11.5 Å². The molecule has 0 aliphatic carbocycles. The first-order valence-corrected chi connectivity index (χ1v) is 6.59. The fourth-order valence-corrected chi connectivity index (χ4v) is 2.98. The maximum atomic E-state index is 12.0. The minimum atomic E-state index is -1.06. The molecular weight excluding hydrogens is 208 g/mol. The number of hydrogen-bond acceptors (Lipinski definition) is 3. The van der Waals surface area contributed by atoms with E-state index in [1.807, 2.05) is 0 Å². The molecule has 0 aromatic carbocycles. The molecule has 0 aliphatic heterocycles. The smallest absolute Gasteiger partial charge is 0.150 e. The largest absolute Gasteiger partial charge is 0.396 e. The summed E-state index contributed by atoms with van der Waals surface area (Å²) in [7, 11) is -1.06. The second kappa shape index (κ2) is 5.85. The van der Waals surface area contributed by atoms with Gasteiger partial charge in [-0.15, -0.1) is 0 Å². The molecule has 0 fully saturated rings. The van der Waals surface area contributed by atoms with Crippen molar-refractivity contribution in [1.29, 1.82) is 0 Å². The molecule has 1 aromatic heterocycles. The molecule has 84 valence electrons. The molecule has 1 aromatic rings. The molecule has 1 heterocycles. The lowest BCUT2D eigenvalue weighted by molar-refractivity contribution is 0.544. The predicted molar refractivity (Wildman–Crippen MR) is 64.0 cm³/mol. The highest BCUT2D eigenvalue weighted by molar-refractivity contribution is 7.85. The van der Waals surface area contributed by atoms with E-state index in [0.29, 0.717) is 22.4 Å². The number of nitrogen functional groups attached to an aromatic ring is 1. The van der Waals surface area contributed by atoms with Crippen LogP contribution in [0.3, 0.4) is 0 Å². The number of hydrogen-bond donors (Lipinski definition) is 1. The Balaban J connectivity index is 2.73. The summed E-state index contributed by atoms with van der Waals surface area (Å²) in [6, 6.07) is 3.50. The zero-order valence-electron chi connectivity index (χ0n) is 9.27. The third kappa shape index (κ3) is 3.30. The molecule has 0 amide bonds. The van der Waals surface area contributed by atoms with Gasteiger partial charge < -0.3 is 5.73 Å². The van der Waals surface area contributed by atoms with E-state index < -0.39 is 10.8 Å². The van der Waals surface area contributed by atoms with Crippen LogP contribution in [0, 0.1) is 5.92 Å². The van der Waals surface area contributed by atoms with E-state index in [2.05, 4.69) is 18.8 Å². The van der Waals surface area contributed by atoms with Gasteiger partial charge in [0.15, 0.2) is 0 Å². The minimum absolute atomic E-state index is 0.493. The van der Waals surface area contributed by atoms with E-state index in [-0.39, 0.29) is 0 Å². The summed E-state index contributed by atoms with van der Waals surface area (Å²) in [6.07, 6.45) is 3.74. The molecule has 0 radical (unpaired) electrons. The Morgan fingerprint density at radius 3 is 2.67 bits per heavy atom. The Bertz CT molecular complexity index is 337. The molecular formula is C11H18N2OS. The van der Waals surface area contributed by atoms with Gasteiger partial charge in [0, 0.05) is 11.9 Å². The SMILES string of the molecule is CCC(CC)CS(=O)c1ncccc1N.